The average molecular weight is 384 g/mol. The largest absolute Gasteiger partial charge is 0.315 e. The first-order valence-corrected chi connectivity index (χ1v) is 9.53. The van der Waals surface area contributed by atoms with Gasteiger partial charge in [0.25, 0.3) is 0 Å². The lowest BCUT2D eigenvalue weighted by Gasteiger charge is -2.09. The van der Waals surface area contributed by atoms with Crippen molar-refractivity contribution in [3.63, 3.8) is 0 Å². The van der Waals surface area contributed by atoms with Gasteiger partial charge in [-0.05, 0) is 62.5 Å². The molecular formula is C12H22BrN3O2S2. The van der Waals surface area contributed by atoms with Gasteiger partial charge in [-0.1, -0.05) is 0 Å². The Hall–Kier alpha value is 0.01000. The maximum Gasteiger partial charge on any atom is 0.242 e. The molecule has 20 heavy (non-hydrogen) atoms. The molecule has 2 N–H and O–H groups in total. The number of hydrogen-bond acceptors (Lipinski definition) is 5. The Morgan fingerprint density at radius 1 is 1.35 bits per heavy atom. The summed E-state index contributed by atoms with van der Waals surface area (Å²) in [6, 6.07) is 1.72. The van der Waals surface area contributed by atoms with Crippen LogP contribution in [0.5, 0.6) is 0 Å². The van der Waals surface area contributed by atoms with Crippen LogP contribution in [0.2, 0.25) is 0 Å². The van der Waals surface area contributed by atoms with E-state index in [-0.39, 0.29) is 0 Å². The van der Waals surface area contributed by atoms with Gasteiger partial charge in [0.1, 0.15) is 4.90 Å². The second kappa shape index (κ2) is 8.45. The summed E-state index contributed by atoms with van der Waals surface area (Å²) in [5.74, 6) is 0. The Balaban J connectivity index is 2.55. The number of unbranched alkanes of at least 4 members (excludes halogenated alkanes) is 1. The van der Waals surface area contributed by atoms with Crippen molar-refractivity contribution in [3.8, 4) is 0 Å². The Morgan fingerprint density at radius 2 is 2.05 bits per heavy atom. The van der Waals surface area contributed by atoms with E-state index in [1.54, 1.807) is 6.07 Å². The first-order chi connectivity index (χ1) is 9.36. The molecule has 1 rings (SSSR count). The fourth-order valence-electron chi connectivity index (χ4n) is 1.68. The zero-order valence-corrected chi connectivity index (χ0v) is 15.3. The van der Waals surface area contributed by atoms with E-state index in [0.717, 1.165) is 24.3 Å². The summed E-state index contributed by atoms with van der Waals surface area (Å²) >= 11 is 4.77. The SMILES string of the molecule is CNCc1cc(S(=O)(=O)NCCCCN(C)C)c(Br)s1. The third-order valence-electron chi connectivity index (χ3n) is 2.67. The standard InChI is InChI=1S/C12H22BrN3O2S2/c1-14-9-10-8-11(12(13)19-10)20(17,18)15-6-4-5-7-16(2)3/h8,14-15H,4-7,9H2,1-3H3. The average Bonchev–Trinajstić information content (AvgIpc) is 2.70. The van der Waals surface area contributed by atoms with E-state index >= 15 is 0 Å². The number of nitrogens with one attached hydrogen (secondary N) is 2. The third kappa shape index (κ3) is 5.79. The van der Waals surface area contributed by atoms with Crippen molar-refractivity contribution in [2.24, 2.45) is 0 Å². The van der Waals surface area contributed by atoms with Crippen LogP contribution in [-0.2, 0) is 16.6 Å². The van der Waals surface area contributed by atoms with Gasteiger partial charge in [0.2, 0.25) is 10.0 Å². The maximum atomic E-state index is 12.2. The molecule has 1 heterocycles. The van der Waals surface area contributed by atoms with Crippen LogP contribution in [0.25, 0.3) is 0 Å². The highest BCUT2D eigenvalue weighted by Gasteiger charge is 2.20. The summed E-state index contributed by atoms with van der Waals surface area (Å²) in [5.41, 5.74) is 0. The van der Waals surface area contributed by atoms with Gasteiger partial charge in [-0.3, -0.25) is 0 Å². The molecule has 0 aromatic carbocycles. The Kier molecular flexibility index (Phi) is 7.63. The van der Waals surface area contributed by atoms with Gasteiger partial charge >= 0.3 is 0 Å². The Morgan fingerprint density at radius 3 is 2.65 bits per heavy atom. The second-order valence-corrected chi connectivity index (χ2v) is 8.98. The highest BCUT2D eigenvalue weighted by atomic mass is 79.9. The summed E-state index contributed by atoms with van der Waals surface area (Å²) in [6.45, 7) is 2.11. The molecule has 0 radical (unpaired) electrons. The topological polar surface area (TPSA) is 61.4 Å². The first-order valence-electron chi connectivity index (χ1n) is 6.44. The quantitative estimate of drug-likeness (QED) is 0.638. The monoisotopic (exact) mass is 383 g/mol. The lowest BCUT2D eigenvalue weighted by molar-refractivity contribution is 0.394. The van der Waals surface area contributed by atoms with Crippen molar-refractivity contribution >= 4 is 37.3 Å². The molecular weight excluding hydrogens is 362 g/mol. The highest BCUT2D eigenvalue weighted by molar-refractivity contribution is 9.11. The lowest BCUT2D eigenvalue weighted by atomic mass is 10.3. The highest BCUT2D eigenvalue weighted by Crippen LogP contribution is 2.31. The zero-order chi connectivity index (χ0) is 15.2. The molecule has 0 atom stereocenters. The molecule has 0 bridgehead atoms. The Bertz CT molecular complexity index is 515. The van der Waals surface area contributed by atoms with Crippen molar-refractivity contribution in [1.29, 1.82) is 0 Å². The summed E-state index contributed by atoms with van der Waals surface area (Å²) in [6.07, 6.45) is 1.81. The number of hydrogen-bond donors (Lipinski definition) is 2. The molecule has 0 unspecified atom stereocenters. The van der Waals surface area contributed by atoms with Crippen molar-refractivity contribution < 1.29 is 8.42 Å². The van der Waals surface area contributed by atoms with Crippen molar-refractivity contribution in [2.45, 2.75) is 24.3 Å². The number of halogens is 1. The van der Waals surface area contributed by atoms with E-state index in [0.29, 0.717) is 21.8 Å². The fraction of sp³-hybridized carbons (Fsp3) is 0.667. The fourth-order valence-corrected chi connectivity index (χ4v) is 5.45. The summed E-state index contributed by atoms with van der Waals surface area (Å²) in [7, 11) is 2.44. The molecule has 1 aromatic heterocycles. The normalized spacial score (nSPS) is 12.2. The molecule has 0 saturated carbocycles. The molecule has 5 nitrogen and oxygen atoms in total. The van der Waals surface area contributed by atoms with E-state index < -0.39 is 10.0 Å². The van der Waals surface area contributed by atoms with E-state index in [4.69, 9.17) is 0 Å². The zero-order valence-electron chi connectivity index (χ0n) is 12.1. The number of nitrogens with zero attached hydrogens (tertiary/aromatic N) is 1. The van der Waals surface area contributed by atoms with E-state index in [2.05, 4.69) is 30.9 Å². The van der Waals surface area contributed by atoms with Gasteiger partial charge in [-0.2, -0.15) is 0 Å². The molecule has 0 aliphatic rings. The summed E-state index contributed by atoms with van der Waals surface area (Å²) in [5, 5.41) is 3.02. The molecule has 0 aliphatic carbocycles. The number of thiophene rings is 1. The van der Waals surface area contributed by atoms with E-state index in [1.807, 2.05) is 21.1 Å². The molecule has 0 amide bonds. The van der Waals surface area contributed by atoms with Crippen LogP contribution in [0.1, 0.15) is 17.7 Å². The molecule has 116 valence electrons. The van der Waals surface area contributed by atoms with Gasteiger partial charge in [0, 0.05) is 18.0 Å². The molecule has 8 heteroatoms. The first kappa shape index (κ1) is 18.1. The van der Waals surface area contributed by atoms with Crippen LogP contribution in [0.15, 0.2) is 14.7 Å². The van der Waals surface area contributed by atoms with Gasteiger partial charge in [0.05, 0.1) is 3.79 Å². The second-order valence-electron chi connectivity index (χ2n) is 4.79. The van der Waals surface area contributed by atoms with Crippen LogP contribution in [-0.4, -0.2) is 47.6 Å². The number of sulfonamides is 1. The molecule has 1 aromatic rings. The van der Waals surface area contributed by atoms with Crippen LogP contribution in [0, 0.1) is 0 Å². The minimum atomic E-state index is -3.42. The van der Waals surface area contributed by atoms with Crippen molar-refractivity contribution in [3.05, 3.63) is 14.7 Å². The summed E-state index contributed by atoms with van der Waals surface area (Å²) in [4.78, 5) is 3.42. The smallest absolute Gasteiger partial charge is 0.242 e. The summed E-state index contributed by atoms with van der Waals surface area (Å²) < 4.78 is 27.7. The molecule has 0 fully saturated rings. The van der Waals surface area contributed by atoms with Crippen LogP contribution < -0.4 is 10.0 Å². The minimum Gasteiger partial charge on any atom is -0.315 e. The van der Waals surface area contributed by atoms with Crippen molar-refractivity contribution in [1.82, 2.24) is 14.9 Å². The van der Waals surface area contributed by atoms with E-state index in [1.165, 1.54) is 11.3 Å². The van der Waals surface area contributed by atoms with Crippen LogP contribution in [0.4, 0.5) is 0 Å². The predicted octanol–water partition coefficient (Wildman–Crippen LogP) is 1.85. The number of rotatable bonds is 9. The third-order valence-corrected chi connectivity index (χ3v) is 6.38. The lowest BCUT2D eigenvalue weighted by Crippen LogP contribution is -2.25. The van der Waals surface area contributed by atoms with Gasteiger partial charge < -0.3 is 10.2 Å². The minimum absolute atomic E-state index is 0.334. The maximum absolute atomic E-state index is 12.2. The van der Waals surface area contributed by atoms with Gasteiger partial charge in [-0.15, -0.1) is 11.3 Å². The van der Waals surface area contributed by atoms with Crippen molar-refractivity contribution in [2.75, 3.05) is 34.2 Å². The molecule has 0 spiro atoms. The Labute approximate surface area is 133 Å². The van der Waals surface area contributed by atoms with Gasteiger partial charge in [0.15, 0.2) is 0 Å². The molecule has 0 aliphatic heterocycles. The van der Waals surface area contributed by atoms with Crippen LogP contribution >= 0.6 is 27.3 Å². The van der Waals surface area contributed by atoms with Gasteiger partial charge in [-0.25, -0.2) is 13.1 Å². The van der Waals surface area contributed by atoms with E-state index in [9.17, 15) is 8.42 Å². The van der Waals surface area contributed by atoms with Crippen LogP contribution in [0.3, 0.4) is 0 Å². The predicted molar refractivity (Wildman–Crippen MR) is 87.8 cm³/mol. The molecule has 0 saturated heterocycles.